The first-order chi connectivity index (χ1) is 11.2. The molecule has 5 nitrogen and oxygen atoms in total. The Bertz CT molecular complexity index is 846. The summed E-state index contributed by atoms with van der Waals surface area (Å²) in [6.45, 7) is 0.408. The molecule has 0 aliphatic heterocycles. The molecular formula is C18H15NO4. The Balaban J connectivity index is 1.86. The van der Waals surface area contributed by atoms with Gasteiger partial charge < -0.3 is 14.6 Å². The predicted molar refractivity (Wildman–Crippen MR) is 85.5 cm³/mol. The molecule has 0 bridgehead atoms. The Morgan fingerprint density at radius 3 is 2.78 bits per heavy atom. The van der Waals surface area contributed by atoms with Gasteiger partial charge in [0.05, 0.1) is 7.11 Å². The fraction of sp³-hybridized carbons (Fsp3) is 0.111. The molecule has 1 aromatic heterocycles. The number of fused-ring (bicyclic) bond motifs is 1. The molecule has 0 saturated carbocycles. The minimum absolute atomic E-state index is 0.117. The topological polar surface area (TPSA) is 68.7 Å². The zero-order chi connectivity index (χ0) is 16.2. The number of nitrogens with zero attached hydrogens (tertiary/aromatic N) is 1. The van der Waals surface area contributed by atoms with Crippen LogP contribution in [0.15, 0.2) is 54.9 Å². The number of esters is 1. The van der Waals surface area contributed by atoms with Crippen LogP contribution in [0, 0.1) is 0 Å². The highest BCUT2D eigenvalue weighted by Crippen LogP contribution is 2.28. The average Bonchev–Trinajstić information content (AvgIpc) is 2.59. The summed E-state index contributed by atoms with van der Waals surface area (Å²) in [5, 5.41) is 11.6. The first-order valence-electron chi connectivity index (χ1n) is 7.04. The van der Waals surface area contributed by atoms with E-state index in [1.165, 1.54) is 13.2 Å². The molecule has 0 spiro atoms. The lowest BCUT2D eigenvalue weighted by Gasteiger charge is -2.09. The molecule has 0 unspecified atom stereocenters. The lowest BCUT2D eigenvalue weighted by molar-refractivity contribution is 0.0597. The Kier molecular flexibility index (Phi) is 4.10. The van der Waals surface area contributed by atoms with Crippen molar-refractivity contribution in [1.82, 2.24) is 4.98 Å². The number of benzene rings is 2. The molecule has 3 rings (SSSR count). The van der Waals surface area contributed by atoms with Gasteiger partial charge in [-0.1, -0.05) is 12.1 Å². The minimum atomic E-state index is -0.568. The molecule has 5 heteroatoms. The zero-order valence-electron chi connectivity index (χ0n) is 12.5. The van der Waals surface area contributed by atoms with Crippen molar-refractivity contribution in [2.24, 2.45) is 0 Å². The largest absolute Gasteiger partial charge is 0.507 e. The van der Waals surface area contributed by atoms with Crippen LogP contribution < -0.4 is 4.74 Å². The van der Waals surface area contributed by atoms with Crippen LogP contribution in [-0.2, 0) is 11.3 Å². The monoisotopic (exact) mass is 309 g/mol. The lowest BCUT2D eigenvalue weighted by Crippen LogP contribution is -2.01. The van der Waals surface area contributed by atoms with Crippen molar-refractivity contribution >= 4 is 16.7 Å². The van der Waals surface area contributed by atoms with E-state index in [9.17, 15) is 9.90 Å². The number of carbonyl (C=O) groups excluding carboxylic acids is 1. The second-order valence-corrected chi connectivity index (χ2v) is 5.02. The standard InChI is InChI=1S/C18H15NO4/c1-22-18(21)16-8-13-4-5-15(7-14(13)9-17(16)20)23-11-12-3-2-6-19-10-12/h2-10,20H,11H2,1H3. The van der Waals surface area contributed by atoms with Crippen LogP contribution in [0.4, 0.5) is 0 Å². The van der Waals surface area contributed by atoms with Gasteiger partial charge in [-0.3, -0.25) is 4.98 Å². The van der Waals surface area contributed by atoms with E-state index in [0.29, 0.717) is 12.4 Å². The first-order valence-corrected chi connectivity index (χ1v) is 7.04. The van der Waals surface area contributed by atoms with Crippen LogP contribution in [0.3, 0.4) is 0 Å². The zero-order valence-corrected chi connectivity index (χ0v) is 12.5. The number of hydrogen-bond donors (Lipinski definition) is 1. The Hall–Kier alpha value is -3.08. The van der Waals surface area contributed by atoms with E-state index in [-0.39, 0.29) is 11.3 Å². The molecule has 116 valence electrons. The maximum absolute atomic E-state index is 11.6. The molecule has 1 N–H and O–H groups in total. The molecule has 1 heterocycles. The van der Waals surface area contributed by atoms with E-state index in [1.54, 1.807) is 18.5 Å². The summed E-state index contributed by atoms with van der Waals surface area (Å²) in [6.07, 6.45) is 3.46. The number of pyridine rings is 1. The third-order valence-electron chi connectivity index (χ3n) is 3.46. The number of hydrogen-bond acceptors (Lipinski definition) is 5. The van der Waals surface area contributed by atoms with Crippen molar-refractivity contribution in [3.63, 3.8) is 0 Å². The highest BCUT2D eigenvalue weighted by Gasteiger charge is 2.13. The van der Waals surface area contributed by atoms with Crippen molar-refractivity contribution in [2.75, 3.05) is 7.11 Å². The van der Waals surface area contributed by atoms with Gasteiger partial charge in [0, 0.05) is 18.0 Å². The highest BCUT2D eigenvalue weighted by atomic mass is 16.5. The number of rotatable bonds is 4. The third-order valence-corrected chi connectivity index (χ3v) is 3.46. The van der Waals surface area contributed by atoms with Crippen LogP contribution in [0.2, 0.25) is 0 Å². The third kappa shape index (κ3) is 3.23. The van der Waals surface area contributed by atoms with Crippen LogP contribution in [-0.4, -0.2) is 23.2 Å². The van der Waals surface area contributed by atoms with Gasteiger partial charge in [0.1, 0.15) is 23.7 Å². The Morgan fingerprint density at radius 2 is 2.04 bits per heavy atom. The van der Waals surface area contributed by atoms with Crippen LogP contribution in [0.25, 0.3) is 10.8 Å². The SMILES string of the molecule is COC(=O)c1cc2ccc(OCc3cccnc3)cc2cc1O. The molecule has 0 saturated heterocycles. The van der Waals surface area contributed by atoms with Gasteiger partial charge in [0.25, 0.3) is 0 Å². The van der Waals surface area contributed by atoms with Gasteiger partial charge in [-0.05, 0) is 41.1 Å². The van der Waals surface area contributed by atoms with Crippen molar-refractivity contribution < 1.29 is 19.4 Å². The Morgan fingerprint density at radius 1 is 1.17 bits per heavy atom. The summed E-state index contributed by atoms with van der Waals surface area (Å²) in [5.74, 6) is -0.0124. The summed E-state index contributed by atoms with van der Waals surface area (Å²) in [7, 11) is 1.28. The van der Waals surface area contributed by atoms with Crippen LogP contribution in [0.5, 0.6) is 11.5 Å². The second kappa shape index (κ2) is 6.36. The second-order valence-electron chi connectivity index (χ2n) is 5.02. The van der Waals surface area contributed by atoms with Crippen molar-refractivity contribution in [1.29, 1.82) is 0 Å². The molecule has 23 heavy (non-hydrogen) atoms. The van der Waals surface area contributed by atoms with Crippen molar-refractivity contribution in [3.8, 4) is 11.5 Å². The summed E-state index contributed by atoms with van der Waals surface area (Å²) >= 11 is 0. The Labute approximate surface area is 133 Å². The van der Waals surface area contributed by atoms with E-state index < -0.39 is 5.97 Å². The number of methoxy groups -OCH3 is 1. The van der Waals surface area contributed by atoms with Gasteiger partial charge in [0.15, 0.2) is 0 Å². The molecular weight excluding hydrogens is 294 g/mol. The fourth-order valence-corrected chi connectivity index (χ4v) is 2.28. The highest BCUT2D eigenvalue weighted by molar-refractivity contribution is 5.98. The molecule has 0 fully saturated rings. The maximum atomic E-state index is 11.6. The smallest absolute Gasteiger partial charge is 0.341 e. The molecule has 0 aliphatic carbocycles. The normalized spacial score (nSPS) is 10.5. The number of phenolic OH excluding ortho intramolecular Hbond substituents is 1. The summed E-state index contributed by atoms with van der Waals surface area (Å²) in [4.78, 5) is 15.6. The minimum Gasteiger partial charge on any atom is -0.507 e. The molecule has 2 aromatic carbocycles. The van der Waals surface area contributed by atoms with Gasteiger partial charge in [-0.15, -0.1) is 0 Å². The van der Waals surface area contributed by atoms with Gasteiger partial charge in [-0.2, -0.15) is 0 Å². The van der Waals surface area contributed by atoms with Crippen molar-refractivity contribution in [2.45, 2.75) is 6.61 Å². The number of aromatic nitrogens is 1. The summed E-state index contributed by atoms with van der Waals surface area (Å²) < 4.78 is 10.4. The van der Waals surface area contributed by atoms with E-state index in [2.05, 4.69) is 9.72 Å². The number of carbonyl (C=O) groups is 1. The number of ether oxygens (including phenoxy) is 2. The van der Waals surface area contributed by atoms with E-state index >= 15 is 0 Å². The fourth-order valence-electron chi connectivity index (χ4n) is 2.28. The molecule has 0 aliphatic rings. The summed E-state index contributed by atoms with van der Waals surface area (Å²) in [6, 6.07) is 12.4. The molecule has 3 aromatic rings. The first kappa shape index (κ1) is 14.8. The number of aromatic hydroxyl groups is 1. The van der Waals surface area contributed by atoms with Gasteiger partial charge in [-0.25, -0.2) is 4.79 Å². The van der Waals surface area contributed by atoms with Crippen molar-refractivity contribution in [3.05, 3.63) is 66.0 Å². The molecule has 0 amide bonds. The predicted octanol–water partition coefficient (Wildman–Crippen LogP) is 3.31. The molecule has 0 radical (unpaired) electrons. The maximum Gasteiger partial charge on any atom is 0.341 e. The van der Waals surface area contributed by atoms with Gasteiger partial charge >= 0.3 is 5.97 Å². The number of phenols is 1. The quantitative estimate of drug-likeness (QED) is 0.749. The summed E-state index contributed by atoms with van der Waals surface area (Å²) in [5.41, 5.74) is 1.11. The van der Waals surface area contributed by atoms with E-state index in [4.69, 9.17) is 4.74 Å². The average molecular weight is 309 g/mol. The van der Waals surface area contributed by atoms with E-state index in [1.807, 2.05) is 30.3 Å². The molecule has 0 atom stereocenters. The van der Waals surface area contributed by atoms with E-state index in [0.717, 1.165) is 16.3 Å². The van der Waals surface area contributed by atoms with Crippen LogP contribution >= 0.6 is 0 Å². The van der Waals surface area contributed by atoms with Gasteiger partial charge in [0.2, 0.25) is 0 Å². The lowest BCUT2D eigenvalue weighted by atomic mass is 10.1. The van der Waals surface area contributed by atoms with Crippen LogP contribution in [0.1, 0.15) is 15.9 Å².